The predicted molar refractivity (Wildman–Crippen MR) is 52.3 cm³/mol. The van der Waals surface area contributed by atoms with Gasteiger partial charge in [-0.15, -0.1) is 6.42 Å². The Morgan fingerprint density at radius 1 is 1.43 bits per heavy atom. The first-order valence-corrected chi connectivity index (χ1v) is 4.52. The van der Waals surface area contributed by atoms with Gasteiger partial charge >= 0.3 is 6.09 Å². The molecule has 0 unspecified atom stereocenters. The first-order valence-electron chi connectivity index (χ1n) is 4.52. The maximum Gasteiger partial charge on any atom is 0.408 e. The van der Waals surface area contributed by atoms with Crippen molar-refractivity contribution >= 4 is 6.09 Å². The molecule has 0 saturated carbocycles. The number of amides is 1. The van der Waals surface area contributed by atoms with Crippen LogP contribution >= 0.6 is 0 Å². The maximum absolute atomic E-state index is 10.8. The van der Waals surface area contributed by atoms with E-state index in [1.54, 1.807) is 0 Å². The quantitative estimate of drug-likeness (QED) is 0.514. The Kier molecular flexibility index (Phi) is 8.28. The molecule has 0 aliphatic carbocycles. The van der Waals surface area contributed by atoms with Gasteiger partial charge in [0.25, 0.3) is 0 Å². The molecule has 0 aliphatic heterocycles. The minimum absolute atomic E-state index is 0.000264. The van der Waals surface area contributed by atoms with Gasteiger partial charge in [-0.2, -0.15) is 5.26 Å². The first kappa shape index (κ1) is 12.3. The van der Waals surface area contributed by atoms with Crippen LogP contribution in [0.3, 0.4) is 0 Å². The van der Waals surface area contributed by atoms with Crippen molar-refractivity contribution in [2.45, 2.75) is 25.7 Å². The SMILES string of the molecule is C#CCOC(=O)NCCCCCC#N. The van der Waals surface area contributed by atoms with Crippen LogP contribution in [-0.4, -0.2) is 19.2 Å². The van der Waals surface area contributed by atoms with Crippen molar-refractivity contribution < 1.29 is 9.53 Å². The van der Waals surface area contributed by atoms with Gasteiger partial charge in [-0.05, 0) is 12.8 Å². The monoisotopic (exact) mass is 194 g/mol. The van der Waals surface area contributed by atoms with Crippen molar-refractivity contribution in [3.63, 3.8) is 0 Å². The van der Waals surface area contributed by atoms with Gasteiger partial charge in [0.05, 0.1) is 6.07 Å². The number of hydrogen-bond acceptors (Lipinski definition) is 3. The summed E-state index contributed by atoms with van der Waals surface area (Å²) in [6.45, 7) is 0.565. The van der Waals surface area contributed by atoms with Crippen molar-refractivity contribution in [1.29, 1.82) is 5.26 Å². The van der Waals surface area contributed by atoms with Crippen LogP contribution in [-0.2, 0) is 4.74 Å². The second-order valence-electron chi connectivity index (χ2n) is 2.68. The fourth-order valence-electron chi connectivity index (χ4n) is 0.855. The summed E-state index contributed by atoms with van der Waals surface area (Å²) in [5, 5.41) is 10.8. The van der Waals surface area contributed by atoms with Gasteiger partial charge in [0.15, 0.2) is 6.61 Å². The van der Waals surface area contributed by atoms with E-state index in [0.29, 0.717) is 13.0 Å². The molecule has 0 radical (unpaired) electrons. The number of ether oxygens (including phenoxy) is 1. The van der Waals surface area contributed by atoms with Gasteiger partial charge < -0.3 is 10.1 Å². The second kappa shape index (κ2) is 9.41. The molecule has 1 amide bonds. The van der Waals surface area contributed by atoms with Crippen LogP contribution in [0.1, 0.15) is 25.7 Å². The van der Waals surface area contributed by atoms with Crippen molar-refractivity contribution in [3.05, 3.63) is 0 Å². The summed E-state index contributed by atoms with van der Waals surface area (Å²) < 4.78 is 4.58. The van der Waals surface area contributed by atoms with E-state index in [4.69, 9.17) is 11.7 Å². The van der Waals surface area contributed by atoms with Crippen molar-refractivity contribution in [3.8, 4) is 18.4 Å². The van der Waals surface area contributed by atoms with E-state index in [-0.39, 0.29) is 6.61 Å². The summed E-state index contributed by atoms with van der Waals surface area (Å²) in [5.41, 5.74) is 0. The fraction of sp³-hybridized carbons (Fsp3) is 0.600. The summed E-state index contributed by atoms with van der Waals surface area (Å²) in [4.78, 5) is 10.8. The second-order valence-corrected chi connectivity index (χ2v) is 2.68. The minimum atomic E-state index is -0.483. The largest absolute Gasteiger partial charge is 0.436 e. The fourth-order valence-corrected chi connectivity index (χ4v) is 0.855. The van der Waals surface area contributed by atoms with Gasteiger partial charge in [-0.3, -0.25) is 0 Å². The summed E-state index contributed by atoms with van der Waals surface area (Å²) in [6, 6.07) is 2.06. The first-order chi connectivity index (χ1) is 6.81. The van der Waals surface area contributed by atoms with Crippen molar-refractivity contribution in [2.24, 2.45) is 0 Å². The third-order valence-corrected chi connectivity index (χ3v) is 1.52. The van der Waals surface area contributed by atoms with Crippen LogP contribution in [0.4, 0.5) is 4.79 Å². The number of carbonyl (C=O) groups is 1. The number of nitrogens with one attached hydrogen (secondary N) is 1. The summed E-state index contributed by atoms with van der Waals surface area (Å²) in [6.07, 6.45) is 7.65. The molecule has 0 aliphatic rings. The van der Waals surface area contributed by atoms with Gasteiger partial charge in [-0.25, -0.2) is 4.79 Å². The lowest BCUT2D eigenvalue weighted by molar-refractivity contribution is 0.160. The van der Waals surface area contributed by atoms with E-state index in [0.717, 1.165) is 19.3 Å². The predicted octanol–water partition coefficient (Wildman–Crippen LogP) is 1.43. The molecule has 76 valence electrons. The van der Waals surface area contributed by atoms with Gasteiger partial charge in [0.1, 0.15) is 0 Å². The standard InChI is InChI=1S/C10H14N2O2/c1-2-9-14-10(13)12-8-6-4-3-5-7-11/h1H,3-6,8-9H2,(H,12,13). The number of alkyl carbamates (subject to hydrolysis) is 1. The van der Waals surface area contributed by atoms with E-state index in [1.807, 2.05) is 0 Å². The molecule has 0 aromatic carbocycles. The van der Waals surface area contributed by atoms with E-state index in [9.17, 15) is 4.79 Å². The Labute approximate surface area is 84.2 Å². The Hall–Kier alpha value is -1.68. The van der Waals surface area contributed by atoms with Crippen LogP contribution in [0, 0.1) is 23.7 Å². The van der Waals surface area contributed by atoms with Crippen LogP contribution in [0.25, 0.3) is 0 Å². The van der Waals surface area contributed by atoms with Crippen molar-refractivity contribution in [1.82, 2.24) is 5.32 Å². The summed E-state index contributed by atoms with van der Waals surface area (Å²) in [5.74, 6) is 2.20. The normalized spacial score (nSPS) is 8.43. The lowest BCUT2D eigenvalue weighted by atomic mass is 10.2. The lowest BCUT2D eigenvalue weighted by Gasteiger charge is -2.03. The molecule has 0 heterocycles. The highest BCUT2D eigenvalue weighted by Gasteiger charge is 1.98. The third kappa shape index (κ3) is 8.42. The van der Waals surface area contributed by atoms with Crippen LogP contribution < -0.4 is 5.32 Å². The molecule has 4 nitrogen and oxygen atoms in total. The van der Waals surface area contributed by atoms with E-state index < -0.39 is 6.09 Å². The molecule has 0 aromatic heterocycles. The number of rotatable bonds is 6. The van der Waals surface area contributed by atoms with E-state index >= 15 is 0 Å². The van der Waals surface area contributed by atoms with Gasteiger partial charge in [0.2, 0.25) is 0 Å². The third-order valence-electron chi connectivity index (χ3n) is 1.52. The van der Waals surface area contributed by atoms with E-state index in [2.05, 4.69) is 22.0 Å². The Morgan fingerprint density at radius 2 is 2.21 bits per heavy atom. The zero-order valence-corrected chi connectivity index (χ0v) is 8.08. The average molecular weight is 194 g/mol. The maximum atomic E-state index is 10.8. The van der Waals surface area contributed by atoms with Crippen LogP contribution in [0.5, 0.6) is 0 Å². The number of unbranched alkanes of at least 4 members (excludes halogenated alkanes) is 3. The van der Waals surface area contributed by atoms with Gasteiger partial charge in [-0.1, -0.05) is 12.3 Å². The Morgan fingerprint density at radius 3 is 2.86 bits per heavy atom. The smallest absolute Gasteiger partial charge is 0.408 e. The number of terminal acetylenes is 1. The van der Waals surface area contributed by atoms with E-state index in [1.165, 1.54) is 0 Å². The number of carbonyl (C=O) groups excluding carboxylic acids is 1. The Bertz CT molecular complexity index is 237. The highest BCUT2D eigenvalue weighted by molar-refractivity contribution is 5.67. The molecule has 0 spiro atoms. The number of hydrogen-bond donors (Lipinski definition) is 1. The molecule has 0 atom stereocenters. The zero-order chi connectivity index (χ0) is 10.6. The number of nitriles is 1. The number of nitrogens with zero attached hydrogens (tertiary/aromatic N) is 1. The molecule has 4 heteroatoms. The topological polar surface area (TPSA) is 62.1 Å². The highest BCUT2D eigenvalue weighted by Crippen LogP contribution is 1.97. The molecular weight excluding hydrogens is 180 g/mol. The molecule has 1 N–H and O–H groups in total. The summed E-state index contributed by atoms with van der Waals surface area (Å²) >= 11 is 0. The van der Waals surface area contributed by atoms with Crippen LogP contribution in [0.2, 0.25) is 0 Å². The minimum Gasteiger partial charge on any atom is -0.436 e. The summed E-state index contributed by atoms with van der Waals surface area (Å²) in [7, 11) is 0. The zero-order valence-electron chi connectivity index (χ0n) is 8.08. The molecule has 0 aromatic rings. The molecule has 0 saturated heterocycles. The van der Waals surface area contributed by atoms with Crippen LogP contribution in [0.15, 0.2) is 0 Å². The molecule has 0 rings (SSSR count). The molecule has 0 fully saturated rings. The Balaban J connectivity index is 3.16. The lowest BCUT2D eigenvalue weighted by Crippen LogP contribution is -2.25. The average Bonchev–Trinajstić information content (AvgIpc) is 2.20. The molecule has 14 heavy (non-hydrogen) atoms. The van der Waals surface area contributed by atoms with Crippen molar-refractivity contribution in [2.75, 3.05) is 13.2 Å². The van der Waals surface area contributed by atoms with Gasteiger partial charge in [0, 0.05) is 13.0 Å². The molecular formula is C10H14N2O2. The molecule has 0 bridgehead atoms. The highest BCUT2D eigenvalue weighted by atomic mass is 16.5.